The fourth-order valence-electron chi connectivity index (χ4n) is 3.43. The minimum Gasteiger partial charge on any atom is -0.434 e. The van der Waals surface area contributed by atoms with E-state index in [2.05, 4.69) is 30.5 Å². The van der Waals surface area contributed by atoms with Gasteiger partial charge in [0.05, 0.1) is 11.2 Å². The van der Waals surface area contributed by atoms with Crippen LogP contribution < -0.4 is 10.1 Å². The van der Waals surface area contributed by atoms with Crippen molar-refractivity contribution in [2.45, 2.75) is 6.92 Å². The lowest BCUT2D eigenvalue weighted by atomic mass is 10.1. The smallest absolute Gasteiger partial charge is 0.242 e. The van der Waals surface area contributed by atoms with Crippen molar-refractivity contribution < 1.29 is 13.5 Å². The molecular formula is C23H15F2N7O. The van der Waals surface area contributed by atoms with E-state index in [4.69, 9.17) is 4.74 Å². The van der Waals surface area contributed by atoms with Gasteiger partial charge in [0.15, 0.2) is 34.6 Å². The minimum atomic E-state index is -0.771. The Bertz CT molecular complexity index is 1520. The van der Waals surface area contributed by atoms with Gasteiger partial charge >= 0.3 is 0 Å². The van der Waals surface area contributed by atoms with Crippen LogP contribution in [0.2, 0.25) is 0 Å². The Balaban J connectivity index is 1.47. The molecule has 0 unspecified atom stereocenters. The quantitative estimate of drug-likeness (QED) is 0.338. The Kier molecular flexibility index (Phi) is 4.91. The number of halogens is 2. The summed E-state index contributed by atoms with van der Waals surface area (Å²) >= 11 is 0. The number of ether oxygens (including phenoxy) is 1. The van der Waals surface area contributed by atoms with Crippen molar-refractivity contribution in [3.63, 3.8) is 0 Å². The van der Waals surface area contributed by atoms with Crippen molar-refractivity contribution in [1.29, 1.82) is 5.26 Å². The van der Waals surface area contributed by atoms with E-state index in [1.165, 1.54) is 6.07 Å². The first-order chi connectivity index (χ1) is 16.0. The summed E-state index contributed by atoms with van der Waals surface area (Å²) in [6, 6.07) is 15.6. The summed E-state index contributed by atoms with van der Waals surface area (Å²) in [4.78, 5) is 10.8. The number of benzene rings is 2. The number of H-pyrrole nitrogens is 2. The zero-order chi connectivity index (χ0) is 22.9. The van der Waals surface area contributed by atoms with Crippen molar-refractivity contribution in [3.8, 4) is 29.0 Å². The number of hydrogen-bond acceptors (Lipinski definition) is 6. The fraction of sp³-hybridized carbons (Fsp3) is 0.0435. The molecule has 33 heavy (non-hydrogen) atoms. The highest BCUT2D eigenvalue weighted by Gasteiger charge is 2.20. The maximum Gasteiger partial charge on any atom is 0.242 e. The van der Waals surface area contributed by atoms with E-state index in [0.717, 1.165) is 23.7 Å². The third-order valence-electron chi connectivity index (χ3n) is 4.94. The number of rotatable bonds is 5. The van der Waals surface area contributed by atoms with Gasteiger partial charge in [0, 0.05) is 23.2 Å². The van der Waals surface area contributed by atoms with Gasteiger partial charge in [-0.05, 0) is 18.6 Å². The molecule has 0 radical (unpaired) electrons. The predicted molar refractivity (Wildman–Crippen MR) is 117 cm³/mol. The molecule has 8 nitrogen and oxygen atoms in total. The molecule has 0 bridgehead atoms. The second-order valence-electron chi connectivity index (χ2n) is 7.19. The summed E-state index contributed by atoms with van der Waals surface area (Å²) in [6.45, 7) is 1.69. The first-order valence-corrected chi connectivity index (χ1v) is 9.81. The van der Waals surface area contributed by atoms with Crippen LogP contribution >= 0.6 is 0 Å². The van der Waals surface area contributed by atoms with Crippen molar-refractivity contribution in [3.05, 3.63) is 77.8 Å². The van der Waals surface area contributed by atoms with Gasteiger partial charge in [-0.3, -0.25) is 5.10 Å². The molecule has 5 rings (SSSR count). The van der Waals surface area contributed by atoms with Crippen LogP contribution in [0.4, 0.5) is 20.4 Å². The molecule has 0 spiro atoms. The second kappa shape index (κ2) is 8.05. The van der Waals surface area contributed by atoms with Gasteiger partial charge in [-0.1, -0.05) is 30.3 Å². The number of hydrogen-bond donors (Lipinski definition) is 3. The molecule has 0 aliphatic heterocycles. The van der Waals surface area contributed by atoms with E-state index in [1.54, 1.807) is 13.0 Å². The SMILES string of the molecule is Cc1cc2c(F)c(Oc3ncnc(Nc4cc(-c5ccccc5)[nH]n4)c3C#N)cc(F)c2[nH]1. The lowest BCUT2D eigenvalue weighted by Crippen LogP contribution is -2.02. The van der Waals surface area contributed by atoms with Crippen molar-refractivity contribution in [1.82, 2.24) is 25.1 Å². The van der Waals surface area contributed by atoms with Crippen LogP contribution in [0.15, 0.2) is 54.9 Å². The molecule has 3 aromatic heterocycles. The monoisotopic (exact) mass is 443 g/mol. The highest BCUT2D eigenvalue weighted by Crippen LogP contribution is 2.34. The first-order valence-electron chi connectivity index (χ1n) is 9.81. The van der Waals surface area contributed by atoms with Gasteiger partial charge in [0.25, 0.3) is 0 Å². The van der Waals surface area contributed by atoms with E-state index < -0.39 is 17.4 Å². The lowest BCUT2D eigenvalue weighted by Gasteiger charge is -2.10. The van der Waals surface area contributed by atoms with Gasteiger partial charge in [-0.2, -0.15) is 10.4 Å². The first kappa shape index (κ1) is 20.1. The van der Waals surface area contributed by atoms with Crippen molar-refractivity contribution >= 4 is 22.5 Å². The van der Waals surface area contributed by atoms with E-state index in [-0.39, 0.29) is 28.2 Å². The van der Waals surface area contributed by atoms with E-state index >= 15 is 0 Å². The summed E-state index contributed by atoms with van der Waals surface area (Å²) in [5.41, 5.74) is 2.23. The maximum absolute atomic E-state index is 14.9. The number of aryl methyl sites for hydroxylation is 1. The Hall–Kier alpha value is -4.78. The van der Waals surface area contributed by atoms with Crippen LogP contribution in [0.3, 0.4) is 0 Å². The van der Waals surface area contributed by atoms with Crippen molar-refractivity contribution in [2.75, 3.05) is 5.32 Å². The number of nitriles is 1. The molecule has 0 saturated heterocycles. The standard InChI is InChI=1S/C23H15F2N7O/c1-12-7-14-20(25)18(8-16(24)21(14)29-12)33-23-15(10-26)22(27-11-28-23)30-19-9-17(31-32-19)13-5-3-2-4-6-13/h2-9,11,29H,1H3,(H2,27,28,30,31,32). The van der Waals surface area contributed by atoms with E-state index in [1.807, 2.05) is 36.4 Å². The fourth-order valence-corrected chi connectivity index (χ4v) is 3.43. The number of nitrogens with zero attached hydrogens (tertiary/aromatic N) is 4. The predicted octanol–water partition coefficient (Wildman–Crippen LogP) is 5.34. The number of fused-ring (bicyclic) bond motifs is 1. The summed E-state index contributed by atoms with van der Waals surface area (Å²) in [5, 5.41) is 19.7. The summed E-state index contributed by atoms with van der Waals surface area (Å²) in [6.07, 6.45) is 1.15. The molecule has 0 saturated carbocycles. The normalized spacial score (nSPS) is 10.8. The largest absolute Gasteiger partial charge is 0.434 e. The highest BCUT2D eigenvalue weighted by molar-refractivity contribution is 5.83. The maximum atomic E-state index is 14.9. The number of aromatic nitrogens is 5. The average molecular weight is 443 g/mol. The van der Waals surface area contributed by atoms with Crippen LogP contribution in [-0.4, -0.2) is 25.1 Å². The average Bonchev–Trinajstić information content (AvgIpc) is 3.45. The molecular weight excluding hydrogens is 428 g/mol. The number of aromatic amines is 2. The molecule has 3 N–H and O–H groups in total. The molecule has 10 heteroatoms. The van der Waals surface area contributed by atoms with Crippen LogP contribution in [0.5, 0.6) is 11.6 Å². The topological polar surface area (TPSA) is 115 Å². The minimum absolute atomic E-state index is 0.0376. The second-order valence-corrected chi connectivity index (χ2v) is 7.19. The molecule has 0 amide bonds. The third-order valence-corrected chi connectivity index (χ3v) is 4.94. The molecule has 162 valence electrons. The number of nitrogens with one attached hydrogen (secondary N) is 3. The van der Waals surface area contributed by atoms with Crippen LogP contribution in [0, 0.1) is 29.9 Å². The van der Waals surface area contributed by atoms with Crippen LogP contribution in [0.25, 0.3) is 22.2 Å². The van der Waals surface area contributed by atoms with Crippen molar-refractivity contribution in [2.24, 2.45) is 0 Å². The molecule has 2 aromatic carbocycles. The number of anilines is 2. The summed E-state index contributed by atoms with van der Waals surface area (Å²) in [7, 11) is 0. The van der Waals surface area contributed by atoms with Crippen LogP contribution in [-0.2, 0) is 0 Å². The molecule has 3 heterocycles. The summed E-state index contributed by atoms with van der Waals surface area (Å²) in [5.74, 6) is -1.58. The Labute approximate surface area is 185 Å². The van der Waals surface area contributed by atoms with Gasteiger partial charge in [-0.15, -0.1) is 0 Å². The zero-order valence-electron chi connectivity index (χ0n) is 17.1. The lowest BCUT2D eigenvalue weighted by molar-refractivity contribution is 0.424. The molecule has 0 aliphatic carbocycles. The summed E-state index contributed by atoms with van der Waals surface area (Å²) < 4.78 is 34.9. The molecule has 0 fully saturated rings. The Morgan fingerprint density at radius 1 is 1.09 bits per heavy atom. The van der Waals surface area contributed by atoms with Gasteiger partial charge < -0.3 is 15.0 Å². The highest BCUT2D eigenvalue weighted by atomic mass is 19.1. The van der Waals surface area contributed by atoms with Gasteiger partial charge in [0.1, 0.15) is 12.4 Å². The molecule has 5 aromatic rings. The zero-order valence-corrected chi connectivity index (χ0v) is 17.1. The third kappa shape index (κ3) is 3.72. The Morgan fingerprint density at radius 2 is 1.91 bits per heavy atom. The van der Waals surface area contributed by atoms with Gasteiger partial charge in [-0.25, -0.2) is 18.7 Å². The molecule has 0 aliphatic rings. The van der Waals surface area contributed by atoms with Crippen LogP contribution in [0.1, 0.15) is 11.3 Å². The Morgan fingerprint density at radius 3 is 2.70 bits per heavy atom. The molecule has 0 atom stereocenters. The van der Waals surface area contributed by atoms with E-state index in [0.29, 0.717) is 11.5 Å². The van der Waals surface area contributed by atoms with E-state index in [9.17, 15) is 14.0 Å². The van der Waals surface area contributed by atoms with Gasteiger partial charge in [0.2, 0.25) is 5.88 Å².